The summed E-state index contributed by atoms with van der Waals surface area (Å²) in [6.45, 7) is 3.22. The van der Waals surface area contributed by atoms with E-state index in [4.69, 9.17) is 4.74 Å². The standard InChI is InChI=1S/C23H21F4N3O4/c1-12-8-14(21(31)28-20-15(24)9-13(10-16(20)25)23(2,3)33)22(32)30(29-12)17-6-4-5-7-18(17)34-11-19(26)27/h4-10,19,33H,11H2,1-3H3,(H,28,31). The van der Waals surface area contributed by atoms with E-state index in [1.54, 1.807) is 0 Å². The largest absolute Gasteiger partial charge is 0.485 e. The SMILES string of the molecule is Cc1cc(C(=O)Nc2c(F)cc(C(C)(C)O)cc2F)c(=O)n(-c2ccccc2OCC(F)F)n1. The Balaban J connectivity index is 2.01. The summed E-state index contributed by atoms with van der Waals surface area (Å²) in [5.41, 5.74) is -3.67. The zero-order chi connectivity index (χ0) is 25.2. The van der Waals surface area contributed by atoms with Crippen molar-refractivity contribution < 1.29 is 32.2 Å². The minimum atomic E-state index is -2.76. The van der Waals surface area contributed by atoms with Crippen LogP contribution in [0.2, 0.25) is 0 Å². The first-order valence-electron chi connectivity index (χ1n) is 10.0. The summed E-state index contributed by atoms with van der Waals surface area (Å²) in [5, 5.41) is 16.0. The average Bonchev–Trinajstić information content (AvgIpc) is 2.75. The molecule has 34 heavy (non-hydrogen) atoms. The number of amides is 1. The van der Waals surface area contributed by atoms with Gasteiger partial charge in [-0.1, -0.05) is 12.1 Å². The molecule has 0 atom stereocenters. The molecule has 0 saturated carbocycles. The molecule has 0 spiro atoms. The van der Waals surface area contributed by atoms with Crippen molar-refractivity contribution in [2.75, 3.05) is 11.9 Å². The molecule has 0 bridgehead atoms. The van der Waals surface area contributed by atoms with Crippen LogP contribution in [0.1, 0.15) is 35.5 Å². The van der Waals surface area contributed by atoms with Gasteiger partial charge < -0.3 is 15.2 Å². The summed E-state index contributed by atoms with van der Waals surface area (Å²) in [4.78, 5) is 25.8. The van der Waals surface area contributed by atoms with Gasteiger partial charge in [0, 0.05) is 0 Å². The summed E-state index contributed by atoms with van der Waals surface area (Å²) in [5.74, 6) is -3.50. The van der Waals surface area contributed by atoms with E-state index in [0.29, 0.717) is 0 Å². The Morgan fingerprint density at radius 3 is 2.38 bits per heavy atom. The van der Waals surface area contributed by atoms with Gasteiger partial charge in [0.05, 0.1) is 11.3 Å². The number of aromatic nitrogens is 2. The Kier molecular flexibility index (Phi) is 7.06. The van der Waals surface area contributed by atoms with Crippen LogP contribution in [0, 0.1) is 18.6 Å². The highest BCUT2D eigenvalue weighted by Gasteiger charge is 2.24. The van der Waals surface area contributed by atoms with E-state index in [-0.39, 0.29) is 22.7 Å². The topological polar surface area (TPSA) is 93.5 Å². The van der Waals surface area contributed by atoms with E-state index in [1.165, 1.54) is 45.0 Å². The van der Waals surface area contributed by atoms with Gasteiger partial charge in [0.15, 0.2) is 0 Å². The highest BCUT2D eigenvalue weighted by molar-refractivity contribution is 6.04. The van der Waals surface area contributed by atoms with E-state index in [2.05, 4.69) is 5.10 Å². The number of ether oxygens (including phenoxy) is 1. The smallest absolute Gasteiger partial charge is 0.284 e. The Hall–Kier alpha value is -3.73. The van der Waals surface area contributed by atoms with E-state index < -0.39 is 53.0 Å². The van der Waals surface area contributed by atoms with E-state index in [0.717, 1.165) is 22.9 Å². The summed E-state index contributed by atoms with van der Waals surface area (Å²) >= 11 is 0. The first-order valence-corrected chi connectivity index (χ1v) is 10.0. The van der Waals surface area contributed by atoms with Gasteiger partial charge in [0.2, 0.25) is 0 Å². The summed E-state index contributed by atoms with van der Waals surface area (Å²) in [6.07, 6.45) is -2.76. The molecular formula is C23H21F4N3O4. The third kappa shape index (κ3) is 5.42. The minimum Gasteiger partial charge on any atom is -0.485 e. The lowest BCUT2D eigenvalue weighted by molar-refractivity contribution is 0.0778. The number of nitrogens with one attached hydrogen (secondary N) is 1. The zero-order valence-electron chi connectivity index (χ0n) is 18.4. The maximum Gasteiger partial charge on any atom is 0.284 e. The molecule has 0 saturated heterocycles. The molecule has 0 radical (unpaired) electrons. The fraction of sp³-hybridized carbons (Fsp3) is 0.261. The number of anilines is 1. The van der Waals surface area contributed by atoms with Gasteiger partial charge in [-0.15, -0.1) is 0 Å². The van der Waals surface area contributed by atoms with Crippen molar-refractivity contribution in [1.82, 2.24) is 9.78 Å². The number of aryl methyl sites for hydroxylation is 1. The van der Waals surface area contributed by atoms with Crippen molar-refractivity contribution in [3.63, 3.8) is 0 Å². The van der Waals surface area contributed by atoms with Crippen molar-refractivity contribution in [3.8, 4) is 11.4 Å². The normalized spacial score (nSPS) is 11.6. The summed E-state index contributed by atoms with van der Waals surface area (Å²) in [6, 6.07) is 8.60. The summed E-state index contributed by atoms with van der Waals surface area (Å²) < 4.78 is 60.0. The molecule has 1 amide bonds. The predicted octanol–water partition coefficient (Wildman–Crippen LogP) is 3.94. The maximum absolute atomic E-state index is 14.5. The molecule has 3 rings (SSSR count). The molecule has 3 aromatic rings. The fourth-order valence-corrected chi connectivity index (χ4v) is 3.08. The van der Waals surface area contributed by atoms with Crippen molar-refractivity contribution in [2.24, 2.45) is 0 Å². The van der Waals surface area contributed by atoms with E-state index >= 15 is 0 Å². The van der Waals surface area contributed by atoms with Gasteiger partial charge in [-0.25, -0.2) is 17.6 Å². The number of carbonyl (C=O) groups is 1. The molecule has 0 fully saturated rings. The van der Waals surface area contributed by atoms with Crippen LogP contribution in [0.4, 0.5) is 23.2 Å². The molecule has 7 nitrogen and oxygen atoms in total. The monoisotopic (exact) mass is 479 g/mol. The Morgan fingerprint density at radius 1 is 1.18 bits per heavy atom. The van der Waals surface area contributed by atoms with E-state index in [9.17, 15) is 32.3 Å². The number of hydrogen-bond donors (Lipinski definition) is 2. The molecule has 0 aliphatic rings. The number of aliphatic hydroxyl groups is 1. The van der Waals surface area contributed by atoms with E-state index in [1.807, 2.05) is 5.32 Å². The quantitative estimate of drug-likeness (QED) is 0.501. The zero-order valence-corrected chi connectivity index (χ0v) is 18.4. The van der Waals surface area contributed by atoms with Crippen molar-refractivity contribution in [2.45, 2.75) is 32.8 Å². The Bertz CT molecular complexity index is 1260. The lowest BCUT2D eigenvalue weighted by Gasteiger charge is -2.19. The highest BCUT2D eigenvalue weighted by Crippen LogP contribution is 2.28. The number of para-hydroxylation sites is 2. The number of benzene rings is 2. The number of alkyl halides is 2. The second kappa shape index (κ2) is 9.64. The first kappa shape index (κ1) is 24.9. The van der Waals surface area contributed by atoms with Crippen LogP contribution < -0.4 is 15.6 Å². The molecule has 0 aliphatic carbocycles. The number of hydrogen-bond acceptors (Lipinski definition) is 5. The lowest BCUT2D eigenvalue weighted by Crippen LogP contribution is -2.31. The molecular weight excluding hydrogens is 458 g/mol. The van der Waals surface area contributed by atoms with Crippen LogP contribution in [0.5, 0.6) is 5.75 Å². The Morgan fingerprint density at radius 2 is 1.79 bits per heavy atom. The molecule has 11 heteroatoms. The molecule has 0 aliphatic heterocycles. The minimum absolute atomic E-state index is 0.00205. The lowest BCUT2D eigenvalue weighted by atomic mass is 9.97. The molecule has 1 heterocycles. The van der Waals surface area contributed by atoms with Gasteiger partial charge in [-0.05, 0) is 56.7 Å². The number of carbonyl (C=O) groups excluding carboxylic acids is 1. The van der Waals surface area contributed by atoms with Gasteiger partial charge >= 0.3 is 0 Å². The van der Waals surface area contributed by atoms with Crippen LogP contribution in [0.15, 0.2) is 47.3 Å². The van der Waals surface area contributed by atoms with Crippen LogP contribution in [0.25, 0.3) is 5.69 Å². The van der Waals surface area contributed by atoms with Gasteiger partial charge in [-0.2, -0.15) is 9.78 Å². The second-order valence-electron chi connectivity index (χ2n) is 7.91. The molecule has 1 aromatic heterocycles. The highest BCUT2D eigenvalue weighted by atomic mass is 19.3. The van der Waals surface area contributed by atoms with Gasteiger partial charge in [0.1, 0.15) is 40.9 Å². The van der Waals surface area contributed by atoms with Crippen LogP contribution >= 0.6 is 0 Å². The second-order valence-corrected chi connectivity index (χ2v) is 7.91. The van der Waals surface area contributed by atoms with Gasteiger partial charge in [0.25, 0.3) is 17.9 Å². The van der Waals surface area contributed by atoms with Crippen molar-refractivity contribution in [1.29, 1.82) is 0 Å². The first-order chi connectivity index (χ1) is 15.9. The van der Waals surface area contributed by atoms with Crippen molar-refractivity contribution >= 4 is 11.6 Å². The number of nitrogens with zero attached hydrogens (tertiary/aromatic N) is 2. The summed E-state index contributed by atoms with van der Waals surface area (Å²) in [7, 11) is 0. The molecule has 2 aromatic carbocycles. The number of rotatable bonds is 7. The molecule has 2 N–H and O–H groups in total. The third-order valence-corrected chi connectivity index (χ3v) is 4.72. The van der Waals surface area contributed by atoms with Crippen LogP contribution in [-0.2, 0) is 5.60 Å². The van der Waals surface area contributed by atoms with Crippen LogP contribution in [-0.4, -0.2) is 33.8 Å². The predicted molar refractivity (Wildman–Crippen MR) is 116 cm³/mol. The third-order valence-electron chi connectivity index (χ3n) is 4.72. The average molecular weight is 479 g/mol. The fourth-order valence-electron chi connectivity index (χ4n) is 3.08. The molecule has 180 valence electrons. The number of halogens is 4. The van der Waals surface area contributed by atoms with Crippen molar-refractivity contribution in [3.05, 3.63) is 81.3 Å². The van der Waals surface area contributed by atoms with Gasteiger partial charge in [-0.3, -0.25) is 9.59 Å². The maximum atomic E-state index is 14.5. The molecule has 0 unspecified atom stereocenters. The van der Waals surface area contributed by atoms with Crippen LogP contribution in [0.3, 0.4) is 0 Å². The Labute approximate surface area is 191 Å².